The Morgan fingerprint density at radius 2 is 2.12 bits per heavy atom. The van der Waals surface area contributed by atoms with Crippen LogP contribution in [0.3, 0.4) is 0 Å². The molecule has 1 N–H and O–H groups in total. The number of hydrogen-bond donors (Lipinski definition) is 1. The zero-order valence-corrected chi connectivity index (χ0v) is 14.9. The van der Waals surface area contributed by atoms with Crippen molar-refractivity contribution in [1.29, 1.82) is 0 Å². The smallest absolute Gasteiger partial charge is 0.294 e. The van der Waals surface area contributed by atoms with Gasteiger partial charge in [-0.25, -0.2) is 0 Å². The number of nitro groups is 1. The highest BCUT2D eigenvalue weighted by Gasteiger charge is 2.40. The summed E-state index contributed by atoms with van der Waals surface area (Å²) in [5, 5.41) is 15.3. The van der Waals surface area contributed by atoms with Gasteiger partial charge in [0.2, 0.25) is 0 Å². The monoisotopic (exact) mass is 404 g/mol. The lowest BCUT2D eigenvalue weighted by Gasteiger charge is -2.37. The molecular weight excluding hydrogens is 392 g/mol. The lowest BCUT2D eigenvalue weighted by atomic mass is 9.77. The zero-order valence-electron chi connectivity index (χ0n) is 12.6. The molecule has 122 valence electrons. The van der Waals surface area contributed by atoms with Crippen LogP contribution in [0.5, 0.6) is 0 Å². The number of allylic oxidation sites excluding steroid dienone is 2. The lowest BCUT2D eigenvalue weighted by Crippen LogP contribution is -2.29. The quantitative estimate of drug-likeness (QED) is 0.388. The number of benzene rings is 2. The first-order valence-electron chi connectivity index (χ1n) is 7.71. The minimum Gasteiger partial charge on any atom is -0.372 e. The van der Waals surface area contributed by atoms with Crippen LogP contribution >= 0.6 is 27.5 Å². The molecule has 0 fully saturated rings. The van der Waals surface area contributed by atoms with Crippen LogP contribution in [0.25, 0.3) is 0 Å². The Bertz CT molecular complexity index is 868. The third-order valence-electron chi connectivity index (χ3n) is 4.82. The average molecular weight is 406 g/mol. The molecule has 4 rings (SSSR count). The first-order valence-corrected chi connectivity index (χ1v) is 8.88. The Hall–Kier alpha value is -1.85. The molecule has 0 aromatic heterocycles. The summed E-state index contributed by atoms with van der Waals surface area (Å²) in [6, 6.07) is 11.4. The maximum absolute atomic E-state index is 11.5. The van der Waals surface area contributed by atoms with Gasteiger partial charge in [0.1, 0.15) is 5.69 Å². The highest BCUT2D eigenvalue weighted by molar-refractivity contribution is 9.10. The molecule has 0 saturated heterocycles. The average Bonchev–Trinajstić information content (AvgIpc) is 3.03. The minimum absolute atomic E-state index is 0.0230. The molecule has 24 heavy (non-hydrogen) atoms. The number of hydrogen-bond acceptors (Lipinski definition) is 3. The first kappa shape index (κ1) is 15.7. The predicted molar refractivity (Wildman–Crippen MR) is 98.6 cm³/mol. The standard InChI is InChI=1S/C18H14BrClN2O2/c19-11-4-1-3-10(7-11)17-14-6-2-5-13(14)15-8-12(20)9-16(22(23)24)18(15)21-17/h1-5,7-9,13-14,17,21H,6H2/t13-,14+,17+/m1/s1. The van der Waals surface area contributed by atoms with Crippen molar-refractivity contribution >= 4 is 38.9 Å². The van der Waals surface area contributed by atoms with E-state index < -0.39 is 0 Å². The summed E-state index contributed by atoms with van der Waals surface area (Å²) >= 11 is 9.64. The number of nitro benzene ring substituents is 1. The molecule has 2 aromatic carbocycles. The van der Waals surface area contributed by atoms with Gasteiger partial charge >= 0.3 is 0 Å². The van der Waals surface area contributed by atoms with E-state index in [-0.39, 0.29) is 22.6 Å². The van der Waals surface area contributed by atoms with E-state index in [1.807, 2.05) is 18.2 Å². The third-order valence-corrected chi connectivity index (χ3v) is 5.53. The van der Waals surface area contributed by atoms with E-state index in [0.717, 1.165) is 22.0 Å². The van der Waals surface area contributed by atoms with Crippen LogP contribution in [0.2, 0.25) is 5.02 Å². The first-order chi connectivity index (χ1) is 11.5. The second-order valence-corrected chi connectivity index (χ2v) is 7.53. The van der Waals surface area contributed by atoms with Gasteiger partial charge in [0, 0.05) is 21.5 Å². The molecule has 0 amide bonds. The fourth-order valence-electron chi connectivity index (χ4n) is 3.82. The Morgan fingerprint density at radius 1 is 1.29 bits per heavy atom. The largest absolute Gasteiger partial charge is 0.372 e. The highest BCUT2D eigenvalue weighted by atomic mass is 79.9. The van der Waals surface area contributed by atoms with Crippen LogP contribution in [0, 0.1) is 16.0 Å². The molecule has 0 bridgehead atoms. The van der Waals surface area contributed by atoms with Crippen molar-refractivity contribution in [3.05, 3.63) is 79.3 Å². The Kier molecular flexibility index (Phi) is 3.85. The van der Waals surface area contributed by atoms with E-state index >= 15 is 0 Å². The Balaban J connectivity index is 1.87. The molecule has 4 nitrogen and oxygen atoms in total. The number of nitrogens with zero attached hydrogens (tertiary/aromatic N) is 1. The molecule has 2 aromatic rings. The third kappa shape index (κ3) is 2.52. The summed E-state index contributed by atoms with van der Waals surface area (Å²) in [6.45, 7) is 0. The molecule has 1 heterocycles. The molecule has 0 unspecified atom stereocenters. The van der Waals surface area contributed by atoms with Crippen molar-refractivity contribution in [2.24, 2.45) is 5.92 Å². The van der Waals surface area contributed by atoms with Gasteiger partial charge in [-0.15, -0.1) is 0 Å². The van der Waals surface area contributed by atoms with Gasteiger partial charge < -0.3 is 5.32 Å². The predicted octanol–water partition coefficient (Wildman–Crippen LogP) is 5.84. The van der Waals surface area contributed by atoms with E-state index in [2.05, 4.69) is 45.5 Å². The summed E-state index contributed by atoms with van der Waals surface area (Å²) in [5.74, 6) is 0.465. The minimum atomic E-state index is -0.366. The zero-order chi connectivity index (χ0) is 16.8. The lowest BCUT2D eigenvalue weighted by molar-refractivity contribution is -0.384. The van der Waals surface area contributed by atoms with Gasteiger partial charge in [0.15, 0.2) is 0 Å². The van der Waals surface area contributed by atoms with Gasteiger partial charge in [-0.2, -0.15) is 0 Å². The Morgan fingerprint density at radius 3 is 2.88 bits per heavy atom. The summed E-state index contributed by atoms with van der Waals surface area (Å²) in [4.78, 5) is 11.1. The normalized spacial score (nSPS) is 24.2. The van der Waals surface area contributed by atoms with Crippen molar-refractivity contribution in [3.8, 4) is 0 Å². The van der Waals surface area contributed by atoms with Crippen LogP contribution in [0.15, 0.2) is 53.0 Å². The van der Waals surface area contributed by atoms with Gasteiger partial charge in [-0.3, -0.25) is 10.1 Å². The van der Waals surface area contributed by atoms with Crippen molar-refractivity contribution in [2.75, 3.05) is 5.32 Å². The van der Waals surface area contributed by atoms with E-state index in [9.17, 15) is 10.1 Å². The van der Waals surface area contributed by atoms with E-state index in [4.69, 9.17) is 11.6 Å². The van der Waals surface area contributed by atoms with E-state index in [1.165, 1.54) is 6.07 Å². The fraction of sp³-hybridized carbons (Fsp3) is 0.222. The van der Waals surface area contributed by atoms with Gasteiger partial charge in [0.25, 0.3) is 5.69 Å². The second kappa shape index (κ2) is 5.90. The highest BCUT2D eigenvalue weighted by Crippen LogP contribution is 2.52. The van der Waals surface area contributed by atoms with Gasteiger partial charge in [0.05, 0.1) is 11.0 Å². The van der Waals surface area contributed by atoms with Crippen LogP contribution in [-0.2, 0) is 0 Å². The SMILES string of the molecule is O=[N+]([O-])c1cc(Cl)cc2c1N[C@@H](c1cccc(Br)c1)[C@H]1CC=C[C@@H]21. The van der Waals surface area contributed by atoms with Crippen molar-refractivity contribution < 1.29 is 4.92 Å². The number of nitrogens with one attached hydrogen (secondary N) is 1. The Labute approximate surface area is 152 Å². The van der Waals surface area contributed by atoms with E-state index in [0.29, 0.717) is 16.6 Å². The van der Waals surface area contributed by atoms with Crippen LogP contribution in [-0.4, -0.2) is 4.92 Å². The number of fused-ring (bicyclic) bond motifs is 3. The van der Waals surface area contributed by atoms with Crippen molar-refractivity contribution in [2.45, 2.75) is 18.4 Å². The van der Waals surface area contributed by atoms with Gasteiger partial charge in [-0.05, 0) is 41.7 Å². The van der Waals surface area contributed by atoms with Crippen LogP contribution in [0.4, 0.5) is 11.4 Å². The molecular formula is C18H14BrClN2O2. The van der Waals surface area contributed by atoms with E-state index in [1.54, 1.807) is 0 Å². The second-order valence-electron chi connectivity index (χ2n) is 6.18. The molecule has 6 heteroatoms. The molecule has 1 aliphatic heterocycles. The van der Waals surface area contributed by atoms with Crippen molar-refractivity contribution in [1.82, 2.24) is 0 Å². The summed E-state index contributed by atoms with van der Waals surface area (Å²) in [6.07, 6.45) is 5.24. The molecule has 2 aliphatic rings. The number of halogens is 2. The topological polar surface area (TPSA) is 55.2 Å². The van der Waals surface area contributed by atoms with Gasteiger partial charge in [-0.1, -0.05) is 51.8 Å². The molecule has 1 aliphatic carbocycles. The summed E-state index contributed by atoms with van der Waals surface area (Å²) in [5.41, 5.74) is 2.66. The van der Waals surface area contributed by atoms with Crippen LogP contribution < -0.4 is 5.32 Å². The molecule has 0 radical (unpaired) electrons. The number of anilines is 1. The molecule has 0 spiro atoms. The molecule has 3 atom stereocenters. The van der Waals surface area contributed by atoms with Crippen molar-refractivity contribution in [3.63, 3.8) is 0 Å². The molecule has 0 saturated carbocycles. The maximum atomic E-state index is 11.5. The fourth-order valence-corrected chi connectivity index (χ4v) is 4.46. The number of rotatable bonds is 2. The summed E-state index contributed by atoms with van der Waals surface area (Å²) in [7, 11) is 0. The summed E-state index contributed by atoms with van der Waals surface area (Å²) < 4.78 is 1.00. The maximum Gasteiger partial charge on any atom is 0.294 e. The van der Waals surface area contributed by atoms with Crippen LogP contribution in [0.1, 0.15) is 29.5 Å².